The van der Waals surface area contributed by atoms with Crippen molar-refractivity contribution in [2.75, 3.05) is 6.61 Å². The summed E-state index contributed by atoms with van der Waals surface area (Å²) in [5.74, 6) is 2.27. The molecule has 0 saturated heterocycles. The Morgan fingerprint density at radius 1 is 1.12 bits per heavy atom. The van der Waals surface area contributed by atoms with Crippen LogP contribution in [0.1, 0.15) is 83.0 Å². The molecule has 0 bridgehead atoms. The van der Waals surface area contributed by atoms with Gasteiger partial charge in [0, 0.05) is 0 Å². The lowest BCUT2D eigenvalue weighted by Crippen LogP contribution is -2.35. The van der Waals surface area contributed by atoms with Crippen LogP contribution >= 0.6 is 0 Å². The van der Waals surface area contributed by atoms with E-state index in [1.165, 1.54) is 25.7 Å². The maximum absolute atomic E-state index is 12.6. The molecule has 1 aliphatic carbocycles. The lowest BCUT2D eigenvalue weighted by molar-refractivity contribution is -0.0174. The number of benzene rings is 1. The van der Waals surface area contributed by atoms with Gasteiger partial charge in [0.1, 0.15) is 11.9 Å². The molecule has 146 valence electrons. The first-order valence-electron chi connectivity index (χ1n) is 10.4. The number of hydrogen-bond donors (Lipinski definition) is 0. The Morgan fingerprint density at radius 2 is 1.85 bits per heavy atom. The van der Waals surface area contributed by atoms with Gasteiger partial charge in [0.2, 0.25) is 0 Å². The molecule has 0 amide bonds. The maximum atomic E-state index is 12.6. The van der Waals surface area contributed by atoms with E-state index < -0.39 is 0 Å². The van der Waals surface area contributed by atoms with Gasteiger partial charge in [0.05, 0.1) is 12.2 Å². The van der Waals surface area contributed by atoms with Crippen molar-refractivity contribution in [3.8, 4) is 5.75 Å². The van der Waals surface area contributed by atoms with Crippen molar-refractivity contribution in [1.29, 1.82) is 0 Å². The van der Waals surface area contributed by atoms with Crippen LogP contribution in [0.3, 0.4) is 0 Å². The number of esters is 1. The molecule has 1 aromatic carbocycles. The average Bonchev–Trinajstić information content (AvgIpc) is 2.62. The third-order valence-corrected chi connectivity index (χ3v) is 5.58. The van der Waals surface area contributed by atoms with Crippen LogP contribution in [0.4, 0.5) is 0 Å². The largest absolute Gasteiger partial charge is 0.494 e. The van der Waals surface area contributed by atoms with Gasteiger partial charge in [-0.15, -0.1) is 0 Å². The minimum atomic E-state index is -0.204. The number of carbonyl (C=O) groups excluding carboxylic acids is 1. The fourth-order valence-electron chi connectivity index (χ4n) is 3.86. The first-order valence-corrected chi connectivity index (χ1v) is 10.4. The highest BCUT2D eigenvalue weighted by atomic mass is 16.5. The summed E-state index contributed by atoms with van der Waals surface area (Å²) >= 11 is 0. The number of hydrogen-bond acceptors (Lipinski definition) is 3. The molecule has 0 N–H and O–H groups in total. The zero-order chi connectivity index (χ0) is 18.9. The molecule has 0 unspecified atom stereocenters. The second-order valence-corrected chi connectivity index (χ2v) is 8.20. The third-order valence-electron chi connectivity index (χ3n) is 5.58. The summed E-state index contributed by atoms with van der Waals surface area (Å²) in [5, 5.41) is 0. The Bertz CT molecular complexity index is 535. The first-order chi connectivity index (χ1) is 12.5. The number of unbranched alkanes of at least 4 members (excludes halogenated alkanes) is 3. The van der Waals surface area contributed by atoms with Crippen molar-refractivity contribution < 1.29 is 14.3 Å². The van der Waals surface area contributed by atoms with Gasteiger partial charge >= 0.3 is 5.97 Å². The molecule has 0 radical (unpaired) electrons. The van der Waals surface area contributed by atoms with Crippen molar-refractivity contribution in [3.05, 3.63) is 29.8 Å². The van der Waals surface area contributed by atoms with E-state index >= 15 is 0 Å². The standard InChI is InChI=1S/C23H36O3/c1-5-6-7-8-15-25-20-12-10-19(11-13-20)23(24)26-22-16-18(4)9-14-21(22)17(2)3/h10-13,17-18,21-22H,5-9,14-16H2,1-4H3/t18-,21+,22-/m1/s1. The van der Waals surface area contributed by atoms with Crippen LogP contribution in [0.25, 0.3) is 0 Å². The zero-order valence-electron chi connectivity index (χ0n) is 17.0. The van der Waals surface area contributed by atoms with E-state index in [0.29, 0.717) is 23.3 Å². The predicted octanol–water partition coefficient (Wildman–Crippen LogP) is 6.26. The molecule has 1 aliphatic rings. The molecule has 0 heterocycles. The Hall–Kier alpha value is -1.51. The molecular weight excluding hydrogens is 324 g/mol. The number of carbonyl (C=O) groups is 1. The first kappa shape index (κ1) is 20.8. The maximum Gasteiger partial charge on any atom is 0.338 e. The van der Waals surface area contributed by atoms with Crippen molar-refractivity contribution in [1.82, 2.24) is 0 Å². The molecule has 3 heteroatoms. The molecular formula is C23H36O3. The van der Waals surface area contributed by atoms with E-state index in [0.717, 1.165) is 31.6 Å². The highest BCUT2D eigenvalue weighted by molar-refractivity contribution is 5.89. The SMILES string of the molecule is CCCCCCOc1ccc(C(=O)O[C@@H]2C[C@H](C)CC[C@H]2C(C)C)cc1. The van der Waals surface area contributed by atoms with Crippen molar-refractivity contribution in [2.45, 2.75) is 78.7 Å². The zero-order valence-corrected chi connectivity index (χ0v) is 17.0. The molecule has 0 aromatic heterocycles. The minimum Gasteiger partial charge on any atom is -0.494 e. The minimum absolute atomic E-state index is 0.0424. The fraction of sp³-hybridized carbons (Fsp3) is 0.696. The second-order valence-electron chi connectivity index (χ2n) is 8.20. The van der Waals surface area contributed by atoms with Crippen LogP contribution in [0.2, 0.25) is 0 Å². The Morgan fingerprint density at radius 3 is 2.50 bits per heavy atom. The van der Waals surface area contributed by atoms with Crippen LogP contribution < -0.4 is 4.74 Å². The van der Waals surface area contributed by atoms with Gasteiger partial charge in [-0.3, -0.25) is 0 Å². The molecule has 3 atom stereocenters. The molecule has 0 aliphatic heterocycles. The van der Waals surface area contributed by atoms with Gasteiger partial charge < -0.3 is 9.47 Å². The molecule has 2 rings (SSSR count). The van der Waals surface area contributed by atoms with E-state index in [-0.39, 0.29) is 12.1 Å². The predicted molar refractivity (Wildman–Crippen MR) is 107 cm³/mol. The molecule has 0 spiro atoms. The summed E-state index contributed by atoms with van der Waals surface area (Å²) in [7, 11) is 0. The Balaban J connectivity index is 1.86. The highest BCUT2D eigenvalue weighted by Crippen LogP contribution is 2.35. The van der Waals surface area contributed by atoms with E-state index in [2.05, 4.69) is 27.7 Å². The Labute approximate surface area is 159 Å². The van der Waals surface area contributed by atoms with E-state index in [9.17, 15) is 4.79 Å². The van der Waals surface area contributed by atoms with E-state index in [1.807, 2.05) is 24.3 Å². The Kier molecular flexibility index (Phi) is 8.47. The van der Waals surface area contributed by atoms with Gasteiger partial charge in [-0.2, -0.15) is 0 Å². The monoisotopic (exact) mass is 360 g/mol. The molecule has 1 saturated carbocycles. The van der Waals surface area contributed by atoms with Crippen molar-refractivity contribution in [2.24, 2.45) is 17.8 Å². The molecule has 3 nitrogen and oxygen atoms in total. The van der Waals surface area contributed by atoms with E-state index in [4.69, 9.17) is 9.47 Å². The topological polar surface area (TPSA) is 35.5 Å². The van der Waals surface area contributed by atoms with Gasteiger partial charge in [-0.1, -0.05) is 53.4 Å². The summed E-state index contributed by atoms with van der Waals surface area (Å²) in [6.45, 7) is 9.65. The molecule has 1 fully saturated rings. The summed E-state index contributed by atoms with van der Waals surface area (Å²) < 4.78 is 11.7. The highest BCUT2D eigenvalue weighted by Gasteiger charge is 2.33. The summed E-state index contributed by atoms with van der Waals surface area (Å²) in [5.41, 5.74) is 0.615. The summed E-state index contributed by atoms with van der Waals surface area (Å²) in [4.78, 5) is 12.6. The lowest BCUT2D eigenvalue weighted by atomic mass is 9.75. The number of ether oxygens (including phenoxy) is 2. The normalized spacial score (nSPS) is 23.0. The van der Waals surface area contributed by atoms with Crippen LogP contribution in [0.5, 0.6) is 5.75 Å². The van der Waals surface area contributed by atoms with Crippen LogP contribution in [-0.2, 0) is 4.74 Å². The summed E-state index contributed by atoms with van der Waals surface area (Å²) in [6.07, 6.45) is 8.18. The van der Waals surface area contributed by atoms with E-state index in [1.54, 1.807) is 0 Å². The third kappa shape index (κ3) is 6.34. The average molecular weight is 361 g/mol. The van der Waals surface area contributed by atoms with Crippen LogP contribution in [0.15, 0.2) is 24.3 Å². The van der Waals surface area contributed by atoms with Crippen LogP contribution in [-0.4, -0.2) is 18.7 Å². The van der Waals surface area contributed by atoms with Crippen molar-refractivity contribution >= 4 is 5.97 Å². The number of rotatable bonds is 9. The van der Waals surface area contributed by atoms with Gasteiger partial charge in [0.15, 0.2) is 0 Å². The smallest absolute Gasteiger partial charge is 0.338 e. The van der Waals surface area contributed by atoms with Gasteiger partial charge in [0.25, 0.3) is 0 Å². The second kappa shape index (κ2) is 10.6. The van der Waals surface area contributed by atoms with Gasteiger partial charge in [-0.05, 0) is 61.3 Å². The fourth-order valence-corrected chi connectivity index (χ4v) is 3.86. The lowest BCUT2D eigenvalue weighted by Gasteiger charge is -2.36. The molecule has 1 aromatic rings. The van der Waals surface area contributed by atoms with Crippen LogP contribution in [0, 0.1) is 17.8 Å². The quantitative estimate of drug-likeness (QED) is 0.385. The van der Waals surface area contributed by atoms with Crippen molar-refractivity contribution in [3.63, 3.8) is 0 Å². The van der Waals surface area contributed by atoms with Gasteiger partial charge in [-0.25, -0.2) is 4.79 Å². The molecule has 26 heavy (non-hydrogen) atoms. The summed E-state index contributed by atoms with van der Waals surface area (Å²) in [6, 6.07) is 7.39.